The van der Waals surface area contributed by atoms with E-state index in [0.717, 1.165) is 42.4 Å². The molecule has 0 aliphatic carbocycles. The first kappa shape index (κ1) is 23.4. The minimum absolute atomic E-state index is 0.184. The maximum absolute atomic E-state index is 13.0. The zero-order chi connectivity index (χ0) is 22.2. The van der Waals surface area contributed by atoms with E-state index in [1.54, 1.807) is 27.7 Å². The summed E-state index contributed by atoms with van der Waals surface area (Å²) in [4.78, 5) is 27.3. The molecule has 1 heterocycles. The largest absolute Gasteiger partial charge is 0.507 e. The molecule has 0 aromatic heterocycles. The molecule has 1 aromatic rings. The van der Waals surface area contributed by atoms with Gasteiger partial charge in [0.15, 0.2) is 0 Å². The number of nitrogens with one attached hydrogen (secondary N) is 1. The van der Waals surface area contributed by atoms with Crippen molar-refractivity contribution < 1.29 is 14.7 Å². The second-order valence-electron chi connectivity index (χ2n) is 10.2. The molecule has 0 bridgehead atoms. The zero-order valence-corrected chi connectivity index (χ0v) is 19.4. The molecule has 2 amide bonds. The highest BCUT2D eigenvalue weighted by atomic mass is 16.3. The number of piperazine rings is 1. The molecule has 2 N–H and O–H groups in total. The Labute approximate surface area is 175 Å². The van der Waals surface area contributed by atoms with E-state index in [2.05, 4.69) is 26.1 Å². The molecule has 1 aliphatic rings. The van der Waals surface area contributed by atoms with E-state index in [-0.39, 0.29) is 23.8 Å². The number of benzene rings is 1. The first-order valence-corrected chi connectivity index (χ1v) is 10.7. The first-order valence-electron chi connectivity index (χ1n) is 10.7. The number of carbonyl (C=O) groups is 2. The number of hydrogen-bond donors (Lipinski definition) is 2. The number of amides is 2. The van der Waals surface area contributed by atoms with Crippen LogP contribution < -0.4 is 5.32 Å². The molecule has 0 atom stereocenters. The Bertz CT molecular complexity index is 768. The van der Waals surface area contributed by atoms with Gasteiger partial charge >= 0.3 is 0 Å². The molecule has 0 radical (unpaired) electrons. The van der Waals surface area contributed by atoms with Crippen molar-refractivity contribution in [2.45, 2.75) is 104 Å². The summed E-state index contributed by atoms with van der Waals surface area (Å²) in [5.41, 5.74) is 0.716. The molecule has 1 aliphatic heterocycles. The second-order valence-corrected chi connectivity index (χ2v) is 10.2. The van der Waals surface area contributed by atoms with Gasteiger partial charge in [0, 0.05) is 5.56 Å². The fourth-order valence-corrected chi connectivity index (χ4v) is 4.39. The maximum atomic E-state index is 13.0. The summed E-state index contributed by atoms with van der Waals surface area (Å²) in [6.07, 6.45) is 4.39. The Hall–Kier alpha value is -1.88. The average Bonchev–Trinajstić information content (AvgIpc) is 2.59. The number of rotatable bonds is 7. The highest BCUT2D eigenvalue weighted by Gasteiger charge is 2.49. The van der Waals surface area contributed by atoms with Gasteiger partial charge in [0.05, 0.1) is 17.6 Å². The van der Waals surface area contributed by atoms with Crippen LogP contribution in [0.4, 0.5) is 0 Å². The number of phenols is 1. The highest BCUT2D eigenvalue weighted by Crippen LogP contribution is 2.38. The number of nitrogens with zero attached hydrogens (tertiary/aromatic N) is 1. The molecule has 162 valence electrons. The van der Waals surface area contributed by atoms with Crippen LogP contribution in [0.1, 0.15) is 90.8 Å². The fraction of sp³-hybridized carbons (Fsp3) is 0.667. The van der Waals surface area contributed by atoms with Gasteiger partial charge in [0.25, 0.3) is 0 Å². The lowest BCUT2D eigenvalue weighted by molar-refractivity contribution is -0.160. The third kappa shape index (κ3) is 4.82. The lowest BCUT2D eigenvalue weighted by atomic mass is 9.78. The number of phenolic OH excluding ortho intramolecular Hbond substituents is 1. The van der Waals surface area contributed by atoms with Gasteiger partial charge in [0.2, 0.25) is 11.8 Å². The number of hydrogen-bond acceptors (Lipinski definition) is 4. The third-order valence-electron chi connectivity index (χ3n) is 6.02. The zero-order valence-electron chi connectivity index (χ0n) is 19.4. The highest BCUT2D eigenvalue weighted by molar-refractivity contribution is 6.06. The van der Waals surface area contributed by atoms with Crippen LogP contribution in [0.25, 0.3) is 0 Å². The Morgan fingerprint density at radius 2 is 1.59 bits per heavy atom. The normalized spacial score (nSPS) is 19.0. The van der Waals surface area contributed by atoms with Gasteiger partial charge in [-0.25, -0.2) is 0 Å². The van der Waals surface area contributed by atoms with E-state index in [9.17, 15) is 14.7 Å². The van der Waals surface area contributed by atoms with Crippen molar-refractivity contribution >= 4 is 11.8 Å². The molecule has 0 saturated carbocycles. The molecular formula is C24H38N2O3. The van der Waals surface area contributed by atoms with Crippen molar-refractivity contribution in [2.75, 3.05) is 0 Å². The Morgan fingerprint density at radius 3 is 2.10 bits per heavy atom. The first-order chi connectivity index (χ1) is 13.2. The minimum atomic E-state index is -0.814. The van der Waals surface area contributed by atoms with Gasteiger partial charge in [-0.3, -0.25) is 19.8 Å². The predicted octanol–water partition coefficient (Wildman–Crippen LogP) is 4.57. The smallest absolute Gasteiger partial charge is 0.249 e. The monoisotopic (exact) mass is 402 g/mol. The summed E-state index contributed by atoms with van der Waals surface area (Å²) in [6, 6.07) is 3.85. The standard InChI is InChI=1S/C24H38N2O3/c1-9-10-11-12-22(3,4)18-14-17(13-16(2)19(18)27)15-26-20(28)23(5,6)25-24(7,8)21(26)29/h13-14,25,27H,9-12,15H2,1-8H3. The van der Waals surface area contributed by atoms with Crippen LogP contribution in [0.2, 0.25) is 0 Å². The molecule has 0 unspecified atom stereocenters. The van der Waals surface area contributed by atoms with E-state index >= 15 is 0 Å². The number of aryl methyl sites for hydroxylation is 1. The Morgan fingerprint density at radius 1 is 1.03 bits per heavy atom. The van der Waals surface area contributed by atoms with Gasteiger partial charge in [-0.1, -0.05) is 46.1 Å². The molecule has 1 aromatic carbocycles. The number of carbonyl (C=O) groups excluding carboxylic acids is 2. The molecular weight excluding hydrogens is 364 g/mol. The van der Waals surface area contributed by atoms with E-state index in [0.29, 0.717) is 5.75 Å². The van der Waals surface area contributed by atoms with Gasteiger partial charge in [-0.2, -0.15) is 0 Å². The average molecular weight is 403 g/mol. The van der Waals surface area contributed by atoms with Gasteiger partial charge in [0.1, 0.15) is 5.75 Å². The summed E-state index contributed by atoms with van der Waals surface area (Å²) in [5, 5.41) is 13.9. The number of imide groups is 1. The maximum Gasteiger partial charge on any atom is 0.249 e. The lowest BCUT2D eigenvalue weighted by Gasteiger charge is -2.45. The molecule has 0 spiro atoms. The molecule has 29 heavy (non-hydrogen) atoms. The molecule has 2 rings (SSSR count). The minimum Gasteiger partial charge on any atom is -0.507 e. The molecule has 1 fully saturated rings. The van der Waals surface area contributed by atoms with Crippen LogP contribution in [0.3, 0.4) is 0 Å². The summed E-state index contributed by atoms with van der Waals surface area (Å²) < 4.78 is 0. The number of aromatic hydroxyl groups is 1. The topological polar surface area (TPSA) is 69.6 Å². The summed E-state index contributed by atoms with van der Waals surface area (Å²) >= 11 is 0. The van der Waals surface area contributed by atoms with Crippen molar-refractivity contribution in [3.8, 4) is 5.75 Å². The summed E-state index contributed by atoms with van der Waals surface area (Å²) in [5.74, 6) is -0.138. The SMILES string of the molecule is CCCCCC(C)(C)c1cc(CN2C(=O)C(C)(C)NC(C)(C)C2=O)cc(C)c1O. The van der Waals surface area contributed by atoms with Crippen LogP contribution in [0.15, 0.2) is 12.1 Å². The van der Waals surface area contributed by atoms with E-state index in [4.69, 9.17) is 0 Å². The van der Waals surface area contributed by atoms with Gasteiger partial charge in [-0.15, -0.1) is 0 Å². The summed E-state index contributed by atoms with van der Waals surface area (Å²) in [6.45, 7) is 15.8. The van der Waals surface area contributed by atoms with Crippen molar-refractivity contribution in [1.29, 1.82) is 0 Å². The van der Waals surface area contributed by atoms with E-state index in [1.807, 2.05) is 19.1 Å². The lowest BCUT2D eigenvalue weighted by Crippen LogP contribution is -2.72. The van der Waals surface area contributed by atoms with Crippen molar-refractivity contribution in [2.24, 2.45) is 0 Å². The molecule has 5 nitrogen and oxygen atoms in total. The molecule has 5 heteroatoms. The van der Waals surface area contributed by atoms with Crippen molar-refractivity contribution in [1.82, 2.24) is 10.2 Å². The van der Waals surface area contributed by atoms with E-state index in [1.165, 1.54) is 4.90 Å². The quantitative estimate of drug-likeness (QED) is 0.518. The van der Waals surface area contributed by atoms with Crippen LogP contribution in [-0.2, 0) is 21.5 Å². The predicted molar refractivity (Wildman–Crippen MR) is 117 cm³/mol. The Kier molecular flexibility index (Phi) is 6.53. The fourth-order valence-electron chi connectivity index (χ4n) is 4.39. The van der Waals surface area contributed by atoms with Crippen LogP contribution in [0, 0.1) is 6.92 Å². The summed E-state index contributed by atoms with van der Waals surface area (Å²) in [7, 11) is 0. The van der Waals surface area contributed by atoms with Gasteiger partial charge in [-0.05, 0) is 63.6 Å². The second kappa shape index (κ2) is 8.10. The van der Waals surface area contributed by atoms with Gasteiger partial charge < -0.3 is 5.11 Å². The van der Waals surface area contributed by atoms with Crippen LogP contribution in [-0.4, -0.2) is 32.9 Å². The Balaban J connectivity index is 2.39. The number of unbranched alkanes of at least 4 members (excludes halogenated alkanes) is 2. The van der Waals surface area contributed by atoms with Crippen molar-refractivity contribution in [3.05, 3.63) is 28.8 Å². The van der Waals surface area contributed by atoms with Crippen molar-refractivity contribution in [3.63, 3.8) is 0 Å². The molecule has 1 saturated heterocycles. The van der Waals surface area contributed by atoms with Crippen LogP contribution in [0.5, 0.6) is 5.75 Å². The van der Waals surface area contributed by atoms with Crippen LogP contribution >= 0.6 is 0 Å². The third-order valence-corrected chi connectivity index (χ3v) is 6.02. The van der Waals surface area contributed by atoms with E-state index < -0.39 is 11.1 Å².